The summed E-state index contributed by atoms with van der Waals surface area (Å²) in [7, 11) is 0. The van der Waals surface area contributed by atoms with Gasteiger partial charge in [-0.25, -0.2) is 0 Å². The minimum Gasteiger partial charge on any atom is -0.457 e. The minimum absolute atomic E-state index is 0.00101. The van der Waals surface area contributed by atoms with E-state index in [9.17, 15) is 4.79 Å². The molecule has 0 saturated carbocycles. The third kappa shape index (κ3) is 2.34. The lowest BCUT2D eigenvalue weighted by Gasteiger charge is -2.29. The molecule has 0 aliphatic carbocycles. The van der Waals surface area contributed by atoms with E-state index in [1.165, 1.54) is 0 Å². The summed E-state index contributed by atoms with van der Waals surface area (Å²) < 4.78 is 12.2. The molecule has 0 N–H and O–H groups in total. The molecule has 4 aromatic carbocycles. The van der Waals surface area contributed by atoms with E-state index in [2.05, 4.69) is 12.1 Å². The van der Waals surface area contributed by atoms with Gasteiger partial charge in [0.15, 0.2) is 0 Å². The van der Waals surface area contributed by atoms with E-state index in [4.69, 9.17) is 9.15 Å². The Hall–Kier alpha value is -3.85. The van der Waals surface area contributed by atoms with Crippen molar-refractivity contribution < 1.29 is 9.15 Å². The van der Waals surface area contributed by atoms with E-state index in [1.54, 1.807) is 0 Å². The van der Waals surface area contributed by atoms with Gasteiger partial charge in [0.2, 0.25) is 5.43 Å². The molecule has 29 heavy (non-hydrogen) atoms. The predicted molar refractivity (Wildman–Crippen MR) is 114 cm³/mol. The van der Waals surface area contributed by atoms with Gasteiger partial charge in [0, 0.05) is 17.0 Å². The molecule has 3 heteroatoms. The van der Waals surface area contributed by atoms with Crippen molar-refractivity contribution in [2.45, 2.75) is 5.92 Å². The fourth-order valence-electron chi connectivity index (χ4n) is 4.36. The van der Waals surface area contributed by atoms with Gasteiger partial charge >= 0.3 is 0 Å². The van der Waals surface area contributed by atoms with Crippen molar-refractivity contribution >= 4 is 21.9 Å². The van der Waals surface area contributed by atoms with Crippen LogP contribution < -0.4 is 10.2 Å². The zero-order chi connectivity index (χ0) is 19.4. The van der Waals surface area contributed by atoms with Crippen LogP contribution in [-0.2, 0) is 0 Å². The highest BCUT2D eigenvalue weighted by atomic mass is 16.5. The van der Waals surface area contributed by atoms with Gasteiger partial charge in [-0.2, -0.15) is 0 Å². The summed E-state index contributed by atoms with van der Waals surface area (Å²) in [4.78, 5) is 13.5. The average Bonchev–Trinajstić information content (AvgIpc) is 2.77. The molecule has 1 aliphatic rings. The number of para-hydroxylation sites is 3. The molecule has 0 unspecified atom stereocenters. The van der Waals surface area contributed by atoms with E-state index in [0.29, 0.717) is 21.9 Å². The second kappa shape index (κ2) is 6.08. The summed E-state index contributed by atoms with van der Waals surface area (Å²) in [5.74, 6) is 1.53. The smallest absolute Gasteiger partial charge is 0.200 e. The Labute approximate surface area is 166 Å². The number of benzene rings is 4. The lowest BCUT2D eigenvalue weighted by Crippen LogP contribution is -2.14. The zero-order valence-corrected chi connectivity index (χ0v) is 15.5. The maximum Gasteiger partial charge on any atom is 0.200 e. The van der Waals surface area contributed by atoms with Crippen LogP contribution in [0.4, 0.5) is 0 Å². The van der Waals surface area contributed by atoms with Crippen LogP contribution in [-0.4, -0.2) is 0 Å². The molecule has 0 amide bonds. The zero-order valence-electron chi connectivity index (χ0n) is 15.5. The van der Waals surface area contributed by atoms with Crippen LogP contribution in [0.25, 0.3) is 21.9 Å². The molecule has 0 saturated heterocycles. The summed E-state index contributed by atoms with van der Waals surface area (Å²) in [5.41, 5.74) is 4.24. The number of fused-ring (bicyclic) bond motifs is 4. The standard InChI is InChI=1S/C26H16O3/c27-26-18-10-3-6-14-22(18)29-23-15-7-11-19(25(23)26)24-16-8-1-4-12-20(16)28-21-13-5-2-9-17(21)24/h1-15,24H. The molecule has 0 spiro atoms. The highest BCUT2D eigenvalue weighted by molar-refractivity contribution is 5.92. The molecule has 3 nitrogen and oxygen atoms in total. The van der Waals surface area contributed by atoms with Gasteiger partial charge in [-0.05, 0) is 35.9 Å². The molecule has 0 bridgehead atoms. The Bertz CT molecular complexity index is 1420. The van der Waals surface area contributed by atoms with E-state index in [-0.39, 0.29) is 11.3 Å². The Balaban J connectivity index is 1.74. The molecule has 0 atom stereocenters. The van der Waals surface area contributed by atoms with Crippen LogP contribution in [0.1, 0.15) is 22.6 Å². The van der Waals surface area contributed by atoms with Crippen LogP contribution in [0.5, 0.6) is 11.5 Å². The molecule has 138 valence electrons. The summed E-state index contributed by atoms with van der Waals surface area (Å²) >= 11 is 0. The summed E-state index contributed by atoms with van der Waals surface area (Å²) in [6.45, 7) is 0. The molecule has 0 fully saturated rings. The molecule has 0 radical (unpaired) electrons. The highest BCUT2D eigenvalue weighted by Crippen LogP contribution is 2.48. The first-order valence-electron chi connectivity index (χ1n) is 9.61. The van der Waals surface area contributed by atoms with Crippen molar-refractivity contribution in [3.05, 3.63) is 118 Å². The van der Waals surface area contributed by atoms with Crippen LogP contribution in [0.15, 0.2) is 100 Å². The first-order chi connectivity index (χ1) is 14.3. The van der Waals surface area contributed by atoms with E-state index >= 15 is 0 Å². The first-order valence-corrected chi connectivity index (χ1v) is 9.61. The van der Waals surface area contributed by atoms with Crippen LogP contribution in [0.2, 0.25) is 0 Å². The lowest BCUT2D eigenvalue weighted by atomic mass is 9.81. The normalized spacial score (nSPS) is 13.1. The highest BCUT2D eigenvalue weighted by Gasteiger charge is 2.30. The average molecular weight is 376 g/mol. The van der Waals surface area contributed by atoms with Crippen molar-refractivity contribution in [2.24, 2.45) is 0 Å². The Morgan fingerprint density at radius 1 is 0.586 bits per heavy atom. The van der Waals surface area contributed by atoms with Gasteiger partial charge in [0.25, 0.3) is 0 Å². The maximum atomic E-state index is 13.5. The molecule has 1 aromatic heterocycles. The Morgan fingerprint density at radius 3 is 1.93 bits per heavy atom. The number of hydrogen-bond donors (Lipinski definition) is 0. The SMILES string of the molecule is O=c1c2ccccc2oc2cccc(C3c4ccccc4Oc4ccccc43)c12. The molecule has 6 rings (SSSR count). The third-order valence-electron chi connectivity index (χ3n) is 5.63. The van der Waals surface area contributed by atoms with Crippen LogP contribution in [0, 0.1) is 0 Å². The fraction of sp³-hybridized carbons (Fsp3) is 0.0385. The third-order valence-corrected chi connectivity index (χ3v) is 5.63. The fourth-order valence-corrected chi connectivity index (χ4v) is 4.36. The van der Waals surface area contributed by atoms with Crippen molar-refractivity contribution in [1.29, 1.82) is 0 Å². The van der Waals surface area contributed by atoms with E-state index in [0.717, 1.165) is 28.2 Å². The van der Waals surface area contributed by atoms with Gasteiger partial charge in [-0.3, -0.25) is 4.79 Å². The van der Waals surface area contributed by atoms with E-state index < -0.39 is 0 Å². The van der Waals surface area contributed by atoms with Crippen molar-refractivity contribution in [3.63, 3.8) is 0 Å². The minimum atomic E-state index is -0.107. The number of rotatable bonds is 1. The van der Waals surface area contributed by atoms with E-state index in [1.807, 2.05) is 78.9 Å². The largest absolute Gasteiger partial charge is 0.457 e. The molecule has 1 aliphatic heterocycles. The van der Waals surface area contributed by atoms with Gasteiger partial charge < -0.3 is 9.15 Å². The van der Waals surface area contributed by atoms with Gasteiger partial charge in [0.1, 0.15) is 22.7 Å². The second-order valence-corrected chi connectivity index (χ2v) is 7.26. The monoisotopic (exact) mass is 376 g/mol. The summed E-state index contributed by atoms with van der Waals surface area (Å²) in [6, 6.07) is 29.3. The van der Waals surface area contributed by atoms with Crippen LogP contribution >= 0.6 is 0 Å². The first kappa shape index (κ1) is 16.1. The lowest BCUT2D eigenvalue weighted by molar-refractivity contribution is 0.453. The van der Waals surface area contributed by atoms with Crippen molar-refractivity contribution in [3.8, 4) is 11.5 Å². The van der Waals surface area contributed by atoms with Crippen molar-refractivity contribution in [2.75, 3.05) is 0 Å². The van der Waals surface area contributed by atoms with Gasteiger partial charge in [-0.15, -0.1) is 0 Å². The number of ether oxygens (including phenoxy) is 1. The molecular weight excluding hydrogens is 360 g/mol. The Morgan fingerprint density at radius 2 is 1.17 bits per heavy atom. The van der Waals surface area contributed by atoms with Gasteiger partial charge in [0.05, 0.1) is 10.8 Å². The predicted octanol–water partition coefficient (Wildman–Crippen LogP) is 6.23. The molecule has 2 heterocycles. The quantitative estimate of drug-likeness (QED) is 0.319. The molecular formula is C26H16O3. The van der Waals surface area contributed by atoms with Crippen LogP contribution in [0.3, 0.4) is 0 Å². The topological polar surface area (TPSA) is 39.4 Å². The maximum absolute atomic E-state index is 13.5. The second-order valence-electron chi connectivity index (χ2n) is 7.26. The summed E-state index contributed by atoms with van der Waals surface area (Å²) in [6.07, 6.45) is 0. The molecule has 5 aromatic rings. The summed E-state index contributed by atoms with van der Waals surface area (Å²) in [5, 5.41) is 1.23. The Kier molecular flexibility index (Phi) is 3.38. The van der Waals surface area contributed by atoms with Crippen molar-refractivity contribution in [1.82, 2.24) is 0 Å². The number of hydrogen-bond acceptors (Lipinski definition) is 3. The van der Waals surface area contributed by atoms with Gasteiger partial charge in [-0.1, -0.05) is 60.7 Å².